The zero-order valence-electron chi connectivity index (χ0n) is 14.5. The predicted molar refractivity (Wildman–Crippen MR) is 92.8 cm³/mol. The van der Waals surface area contributed by atoms with E-state index in [4.69, 9.17) is 14.2 Å². The first kappa shape index (κ1) is 17.7. The van der Waals surface area contributed by atoms with Crippen molar-refractivity contribution in [2.45, 2.75) is 19.9 Å². The van der Waals surface area contributed by atoms with Gasteiger partial charge in [0.1, 0.15) is 5.75 Å². The molecule has 0 radical (unpaired) electrons. The first-order valence-electron chi connectivity index (χ1n) is 7.68. The van der Waals surface area contributed by atoms with E-state index >= 15 is 0 Å². The Kier molecular flexibility index (Phi) is 6.07. The van der Waals surface area contributed by atoms with Crippen LogP contribution in [-0.2, 0) is 17.8 Å². The molecule has 2 aromatic rings. The Bertz CT molecular complexity index is 713. The standard InChI is InChI=1S/C19H23NO4/c1-13-5-7-16(22-2)15(9-13)12-20-19(21)11-14-6-8-17(23-3)18(10-14)24-4/h5-10H,11-12H2,1-4H3,(H,20,21). The minimum atomic E-state index is -0.0641. The first-order valence-corrected chi connectivity index (χ1v) is 7.68. The van der Waals surface area contributed by atoms with E-state index in [1.807, 2.05) is 37.3 Å². The summed E-state index contributed by atoms with van der Waals surface area (Å²) in [4.78, 5) is 12.2. The third-order valence-electron chi connectivity index (χ3n) is 3.72. The van der Waals surface area contributed by atoms with E-state index in [2.05, 4.69) is 5.32 Å². The third kappa shape index (κ3) is 4.41. The topological polar surface area (TPSA) is 56.8 Å². The Morgan fingerprint density at radius 2 is 1.58 bits per heavy atom. The molecule has 0 heterocycles. The minimum absolute atomic E-state index is 0.0641. The lowest BCUT2D eigenvalue weighted by Crippen LogP contribution is -2.24. The minimum Gasteiger partial charge on any atom is -0.496 e. The highest BCUT2D eigenvalue weighted by atomic mass is 16.5. The summed E-state index contributed by atoms with van der Waals surface area (Å²) in [7, 11) is 4.78. The van der Waals surface area contributed by atoms with Crippen molar-refractivity contribution >= 4 is 5.91 Å². The highest BCUT2D eigenvalue weighted by Gasteiger charge is 2.10. The molecule has 0 spiro atoms. The molecule has 0 aliphatic carbocycles. The summed E-state index contributed by atoms with van der Waals surface area (Å²) in [5, 5.41) is 2.92. The van der Waals surface area contributed by atoms with Gasteiger partial charge in [-0.05, 0) is 30.7 Å². The van der Waals surface area contributed by atoms with Gasteiger partial charge in [0.15, 0.2) is 11.5 Å². The van der Waals surface area contributed by atoms with Crippen molar-refractivity contribution in [1.29, 1.82) is 0 Å². The normalized spacial score (nSPS) is 10.2. The van der Waals surface area contributed by atoms with Gasteiger partial charge in [0.25, 0.3) is 0 Å². The van der Waals surface area contributed by atoms with Crippen LogP contribution in [0.5, 0.6) is 17.2 Å². The highest BCUT2D eigenvalue weighted by molar-refractivity contribution is 5.78. The van der Waals surface area contributed by atoms with E-state index in [0.29, 0.717) is 18.0 Å². The van der Waals surface area contributed by atoms with Crippen molar-refractivity contribution in [3.05, 3.63) is 53.1 Å². The molecule has 0 aromatic heterocycles. The molecule has 1 amide bonds. The number of ether oxygens (including phenoxy) is 3. The average Bonchev–Trinajstić information content (AvgIpc) is 2.60. The molecule has 0 fully saturated rings. The number of benzene rings is 2. The molecular formula is C19H23NO4. The maximum absolute atomic E-state index is 12.2. The fourth-order valence-corrected chi connectivity index (χ4v) is 2.48. The summed E-state index contributed by atoms with van der Waals surface area (Å²) < 4.78 is 15.8. The molecule has 5 nitrogen and oxygen atoms in total. The maximum Gasteiger partial charge on any atom is 0.224 e. The second kappa shape index (κ2) is 8.24. The van der Waals surface area contributed by atoms with Crippen LogP contribution in [0.3, 0.4) is 0 Å². The van der Waals surface area contributed by atoms with Gasteiger partial charge >= 0.3 is 0 Å². The van der Waals surface area contributed by atoms with Gasteiger partial charge in [-0.3, -0.25) is 4.79 Å². The van der Waals surface area contributed by atoms with Crippen LogP contribution in [-0.4, -0.2) is 27.2 Å². The second-order valence-corrected chi connectivity index (χ2v) is 5.46. The smallest absolute Gasteiger partial charge is 0.224 e. The monoisotopic (exact) mass is 329 g/mol. The number of hydrogen-bond donors (Lipinski definition) is 1. The van der Waals surface area contributed by atoms with Crippen LogP contribution in [0, 0.1) is 6.92 Å². The molecule has 2 rings (SSSR count). The van der Waals surface area contributed by atoms with Crippen molar-refractivity contribution in [3.63, 3.8) is 0 Å². The quantitative estimate of drug-likeness (QED) is 0.848. The van der Waals surface area contributed by atoms with Gasteiger partial charge in [0.2, 0.25) is 5.91 Å². The Labute approximate surface area is 142 Å². The summed E-state index contributed by atoms with van der Waals surface area (Å²) in [5.74, 6) is 1.96. The van der Waals surface area contributed by atoms with Crippen molar-refractivity contribution in [2.75, 3.05) is 21.3 Å². The van der Waals surface area contributed by atoms with E-state index in [1.54, 1.807) is 27.4 Å². The van der Waals surface area contributed by atoms with E-state index in [-0.39, 0.29) is 12.3 Å². The average molecular weight is 329 g/mol. The molecule has 1 N–H and O–H groups in total. The fourth-order valence-electron chi connectivity index (χ4n) is 2.48. The number of rotatable bonds is 7. The highest BCUT2D eigenvalue weighted by Crippen LogP contribution is 2.27. The molecule has 0 aliphatic rings. The number of aryl methyl sites for hydroxylation is 1. The summed E-state index contributed by atoms with van der Waals surface area (Å²) in [6, 6.07) is 11.4. The largest absolute Gasteiger partial charge is 0.496 e. The molecule has 2 aromatic carbocycles. The van der Waals surface area contributed by atoms with Gasteiger partial charge in [-0.2, -0.15) is 0 Å². The summed E-state index contributed by atoms with van der Waals surface area (Å²) in [5.41, 5.74) is 2.94. The third-order valence-corrected chi connectivity index (χ3v) is 3.72. The van der Waals surface area contributed by atoms with Crippen LogP contribution in [0.1, 0.15) is 16.7 Å². The van der Waals surface area contributed by atoms with Crippen molar-refractivity contribution in [3.8, 4) is 17.2 Å². The van der Waals surface area contributed by atoms with Crippen LogP contribution < -0.4 is 19.5 Å². The second-order valence-electron chi connectivity index (χ2n) is 5.46. The molecule has 128 valence electrons. The fraction of sp³-hybridized carbons (Fsp3) is 0.316. The SMILES string of the molecule is COc1ccc(C)cc1CNC(=O)Cc1ccc(OC)c(OC)c1. The van der Waals surface area contributed by atoms with Crippen molar-refractivity contribution in [1.82, 2.24) is 5.32 Å². The van der Waals surface area contributed by atoms with E-state index in [0.717, 1.165) is 22.4 Å². The van der Waals surface area contributed by atoms with Crippen LogP contribution in [0.4, 0.5) is 0 Å². The Hall–Kier alpha value is -2.69. The molecule has 0 unspecified atom stereocenters. The zero-order valence-corrected chi connectivity index (χ0v) is 14.5. The lowest BCUT2D eigenvalue weighted by Gasteiger charge is -2.12. The molecule has 0 saturated heterocycles. The van der Waals surface area contributed by atoms with Crippen LogP contribution in [0.15, 0.2) is 36.4 Å². The molecule has 24 heavy (non-hydrogen) atoms. The number of nitrogens with one attached hydrogen (secondary N) is 1. The van der Waals surface area contributed by atoms with Crippen molar-refractivity contribution in [2.24, 2.45) is 0 Å². The molecule has 5 heteroatoms. The maximum atomic E-state index is 12.2. The molecule has 0 atom stereocenters. The summed E-state index contributed by atoms with van der Waals surface area (Å²) >= 11 is 0. The van der Waals surface area contributed by atoms with E-state index < -0.39 is 0 Å². The molecule has 0 aliphatic heterocycles. The van der Waals surface area contributed by atoms with E-state index in [9.17, 15) is 4.79 Å². The number of methoxy groups -OCH3 is 3. The lowest BCUT2D eigenvalue weighted by molar-refractivity contribution is -0.120. The molecular weight excluding hydrogens is 306 g/mol. The predicted octanol–water partition coefficient (Wildman–Crippen LogP) is 2.88. The lowest BCUT2D eigenvalue weighted by atomic mass is 10.1. The van der Waals surface area contributed by atoms with Gasteiger partial charge in [-0.25, -0.2) is 0 Å². The number of carbonyl (C=O) groups excluding carboxylic acids is 1. The first-order chi connectivity index (χ1) is 11.6. The van der Waals surface area contributed by atoms with Gasteiger partial charge < -0.3 is 19.5 Å². The van der Waals surface area contributed by atoms with Crippen LogP contribution in [0.2, 0.25) is 0 Å². The Morgan fingerprint density at radius 3 is 2.25 bits per heavy atom. The van der Waals surface area contributed by atoms with Gasteiger partial charge in [-0.1, -0.05) is 23.8 Å². The molecule has 0 bridgehead atoms. The Balaban J connectivity index is 2.00. The van der Waals surface area contributed by atoms with Gasteiger partial charge in [-0.15, -0.1) is 0 Å². The van der Waals surface area contributed by atoms with Gasteiger partial charge in [0.05, 0.1) is 27.8 Å². The van der Waals surface area contributed by atoms with Gasteiger partial charge in [0, 0.05) is 12.1 Å². The number of hydrogen-bond acceptors (Lipinski definition) is 4. The van der Waals surface area contributed by atoms with Crippen LogP contribution in [0.25, 0.3) is 0 Å². The summed E-state index contributed by atoms with van der Waals surface area (Å²) in [6.07, 6.45) is 0.272. The van der Waals surface area contributed by atoms with Crippen molar-refractivity contribution < 1.29 is 19.0 Å². The molecule has 0 saturated carbocycles. The Morgan fingerprint density at radius 1 is 0.917 bits per heavy atom. The van der Waals surface area contributed by atoms with Crippen LogP contribution >= 0.6 is 0 Å². The number of amides is 1. The summed E-state index contributed by atoms with van der Waals surface area (Å²) in [6.45, 7) is 2.44. The van der Waals surface area contributed by atoms with E-state index in [1.165, 1.54) is 0 Å². The number of carbonyl (C=O) groups is 1. The zero-order chi connectivity index (χ0) is 17.5.